The summed E-state index contributed by atoms with van der Waals surface area (Å²) in [5.41, 5.74) is -1.10. The third-order valence-electron chi connectivity index (χ3n) is 6.04. The number of nitrogens with one attached hydrogen (secondary N) is 1. The Kier molecular flexibility index (Phi) is 6.08. The van der Waals surface area contributed by atoms with Crippen molar-refractivity contribution in [3.05, 3.63) is 0 Å². The van der Waals surface area contributed by atoms with Crippen LogP contribution in [0.5, 0.6) is 0 Å². The Morgan fingerprint density at radius 3 is 2.64 bits per heavy atom. The molecule has 2 bridgehead atoms. The van der Waals surface area contributed by atoms with Crippen LogP contribution < -0.4 is 5.32 Å². The van der Waals surface area contributed by atoms with Crippen LogP contribution in [0.2, 0.25) is 0 Å². The number of likely N-dealkylation sites (tertiary alicyclic amines) is 1. The summed E-state index contributed by atoms with van der Waals surface area (Å²) in [5.74, 6) is -2.65. The normalized spacial score (nSPS) is 37.3. The van der Waals surface area contributed by atoms with E-state index in [1.165, 1.54) is 4.90 Å². The van der Waals surface area contributed by atoms with Crippen LogP contribution in [0.3, 0.4) is 0 Å². The van der Waals surface area contributed by atoms with Gasteiger partial charge in [-0.3, -0.25) is 14.4 Å². The molecule has 3 heterocycles. The Labute approximate surface area is 173 Å². The maximum atomic E-state index is 13.5. The van der Waals surface area contributed by atoms with E-state index in [4.69, 9.17) is 9.47 Å². The van der Waals surface area contributed by atoms with Crippen molar-refractivity contribution in [1.29, 1.82) is 0 Å². The Balaban J connectivity index is 2.08. The number of halogens is 1. The van der Waals surface area contributed by atoms with Gasteiger partial charge in [-0.25, -0.2) is 0 Å². The number of ether oxygens (including phenoxy) is 2. The molecule has 0 aliphatic carbocycles. The van der Waals surface area contributed by atoms with Crippen molar-refractivity contribution >= 4 is 33.7 Å². The molecule has 0 radical (unpaired) electrons. The predicted octanol–water partition coefficient (Wildman–Crippen LogP) is 0.593. The summed E-state index contributed by atoms with van der Waals surface area (Å²) in [4.78, 5) is 40.7. The third-order valence-corrected chi connectivity index (χ3v) is 6.89. The van der Waals surface area contributed by atoms with E-state index in [0.717, 1.165) is 0 Å². The van der Waals surface area contributed by atoms with Gasteiger partial charge in [-0.15, -0.1) is 0 Å². The summed E-state index contributed by atoms with van der Waals surface area (Å²) < 4.78 is 11.5. The lowest BCUT2D eigenvalue weighted by Gasteiger charge is -2.36. The highest BCUT2D eigenvalue weighted by Crippen LogP contribution is 2.60. The van der Waals surface area contributed by atoms with Crippen LogP contribution >= 0.6 is 15.9 Å². The van der Waals surface area contributed by atoms with Gasteiger partial charge in [0.2, 0.25) is 11.8 Å². The summed E-state index contributed by atoms with van der Waals surface area (Å²) >= 11 is 3.58. The highest BCUT2D eigenvalue weighted by molar-refractivity contribution is 9.09. The number of amides is 2. The van der Waals surface area contributed by atoms with Gasteiger partial charge in [0.25, 0.3) is 0 Å². The molecule has 28 heavy (non-hydrogen) atoms. The zero-order valence-electron chi connectivity index (χ0n) is 16.7. The van der Waals surface area contributed by atoms with Crippen LogP contribution in [0.4, 0.5) is 0 Å². The Morgan fingerprint density at radius 1 is 1.43 bits per heavy atom. The maximum Gasteiger partial charge on any atom is 0.312 e. The average Bonchev–Trinajstić information content (AvgIpc) is 3.20. The van der Waals surface area contributed by atoms with Crippen LogP contribution in [0.15, 0.2) is 0 Å². The maximum absolute atomic E-state index is 13.5. The molecule has 3 rings (SSSR count). The average molecular weight is 461 g/mol. The van der Waals surface area contributed by atoms with Crippen molar-refractivity contribution in [3.63, 3.8) is 0 Å². The number of alkyl halides is 1. The van der Waals surface area contributed by atoms with Crippen molar-refractivity contribution in [2.75, 3.05) is 13.2 Å². The van der Waals surface area contributed by atoms with E-state index in [-0.39, 0.29) is 35.9 Å². The Hall–Kier alpha value is -1.19. The fraction of sp³-hybridized carbons (Fsp3) is 0.842. The molecule has 0 aromatic heterocycles. The highest BCUT2D eigenvalue weighted by atomic mass is 79.9. The minimum atomic E-state index is -1.10. The summed E-state index contributed by atoms with van der Waals surface area (Å²) in [6.45, 7) is 7.21. The number of aliphatic hydroxyl groups excluding tert-OH is 1. The van der Waals surface area contributed by atoms with Crippen LogP contribution in [-0.2, 0) is 23.9 Å². The summed E-state index contributed by atoms with van der Waals surface area (Å²) in [6, 6.07) is -1.53. The minimum absolute atomic E-state index is 0.117. The molecular weight excluding hydrogens is 432 g/mol. The first kappa shape index (κ1) is 21.5. The topological polar surface area (TPSA) is 105 Å². The fourth-order valence-corrected chi connectivity index (χ4v) is 5.99. The molecule has 8 nitrogen and oxygen atoms in total. The quantitative estimate of drug-likeness (QED) is 0.425. The molecular formula is C19H29BrN2O6. The number of hydrogen-bond donors (Lipinski definition) is 2. The molecule has 158 valence electrons. The first-order chi connectivity index (χ1) is 13.2. The molecule has 3 fully saturated rings. The number of fused-ring (bicyclic) bond motifs is 1. The van der Waals surface area contributed by atoms with Gasteiger partial charge >= 0.3 is 5.97 Å². The zero-order chi connectivity index (χ0) is 20.8. The standard InChI is InChI=1S/C19H29BrN2O6/c1-5-10(8-23)22-15(16(24)21-9(3)4)19-7-11(20)14(28-19)12(13(19)17(22)25)18(26)27-6-2/h9-15,23H,5-8H2,1-4H3,(H,21,24)/t10-,11?,12-,13+,14-,15-,19+/m0/s1. The molecule has 2 amide bonds. The molecule has 0 aromatic carbocycles. The van der Waals surface area contributed by atoms with Gasteiger partial charge in [0.15, 0.2) is 0 Å². The number of carbonyl (C=O) groups is 3. The van der Waals surface area contributed by atoms with Gasteiger partial charge in [-0.2, -0.15) is 0 Å². The molecule has 0 saturated carbocycles. The molecule has 3 aliphatic heterocycles. The van der Waals surface area contributed by atoms with E-state index in [2.05, 4.69) is 21.2 Å². The monoisotopic (exact) mass is 460 g/mol. The minimum Gasteiger partial charge on any atom is -0.466 e. The highest BCUT2D eigenvalue weighted by Gasteiger charge is 2.77. The third kappa shape index (κ3) is 3.06. The second-order valence-corrected chi connectivity index (χ2v) is 9.25. The molecule has 3 saturated heterocycles. The first-order valence-electron chi connectivity index (χ1n) is 9.95. The van der Waals surface area contributed by atoms with E-state index in [1.807, 2.05) is 20.8 Å². The van der Waals surface area contributed by atoms with Gasteiger partial charge in [0, 0.05) is 10.9 Å². The lowest BCUT2D eigenvalue weighted by molar-refractivity contribution is -0.155. The number of esters is 1. The van der Waals surface area contributed by atoms with Crippen LogP contribution in [0.25, 0.3) is 0 Å². The largest absolute Gasteiger partial charge is 0.466 e. The lowest BCUT2D eigenvalue weighted by atomic mass is 9.70. The van der Waals surface area contributed by atoms with Crippen molar-refractivity contribution in [3.8, 4) is 0 Å². The molecule has 1 unspecified atom stereocenters. The van der Waals surface area contributed by atoms with Crippen molar-refractivity contribution in [2.24, 2.45) is 11.8 Å². The van der Waals surface area contributed by atoms with Crippen LogP contribution in [0, 0.1) is 11.8 Å². The summed E-state index contributed by atoms with van der Waals surface area (Å²) in [5, 5.41) is 12.7. The molecule has 7 atom stereocenters. The van der Waals surface area contributed by atoms with Gasteiger partial charge in [0.05, 0.1) is 37.2 Å². The first-order valence-corrected chi connectivity index (χ1v) is 10.9. The smallest absolute Gasteiger partial charge is 0.312 e. The predicted molar refractivity (Wildman–Crippen MR) is 104 cm³/mol. The van der Waals surface area contributed by atoms with Gasteiger partial charge in [-0.1, -0.05) is 22.9 Å². The zero-order valence-corrected chi connectivity index (χ0v) is 18.3. The van der Waals surface area contributed by atoms with Crippen LogP contribution in [0.1, 0.15) is 40.5 Å². The number of rotatable bonds is 7. The van der Waals surface area contributed by atoms with Crippen molar-refractivity contribution < 1.29 is 29.0 Å². The van der Waals surface area contributed by atoms with E-state index in [1.54, 1.807) is 6.92 Å². The fourth-order valence-electron chi connectivity index (χ4n) is 5.05. The molecule has 1 spiro atoms. The van der Waals surface area contributed by atoms with Crippen molar-refractivity contribution in [2.45, 2.75) is 75.2 Å². The second-order valence-electron chi connectivity index (χ2n) is 8.07. The number of aliphatic hydroxyl groups is 1. The van der Waals surface area contributed by atoms with Gasteiger partial charge in [-0.05, 0) is 33.6 Å². The molecule has 0 aromatic rings. The Bertz CT molecular complexity index is 654. The lowest BCUT2D eigenvalue weighted by Crippen LogP contribution is -2.59. The molecule has 2 N–H and O–H groups in total. The Morgan fingerprint density at radius 2 is 2.11 bits per heavy atom. The molecule has 3 aliphatic rings. The van der Waals surface area contributed by atoms with Gasteiger partial charge < -0.3 is 24.8 Å². The van der Waals surface area contributed by atoms with E-state index in [9.17, 15) is 19.5 Å². The second kappa shape index (κ2) is 7.91. The van der Waals surface area contributed by atoms with Crippen molar-refractivity contribution in [1.82, 2.24) is 10.2 Å². The van der Waals surface area contributed by atoms with E-state index < -0.39 is 41.6 Å². The van der Waals surface area contributed by atoms with Crippen LogP contribution in [-0.4, -0.2) is 75.7 Å². The SMILES string of the molecule is CCOC(=O)[C@@H]1[C@H]2O[C@@]3(CC2Br)[C@H](C(=O)NC(C)C)N([C@@H](CC)CO)C(=O)[C@@H]13. The van der Waals surface area contributed by atoms with E-state index >= 15 is 0 Å². The van der Waals surface area contributed by atoms with E-state index in [0.29, 0.717) is 12.8 Å². The number of nitrogens with zero attached hydrogens (tertiary/aromatic N) is 1. The number of hydrogen-bond acceptors (Lipinski definition) is 6. The molecule has 9 heteroatoms. The summed E-state index contributed by atoms with van der Waals surface area (Å²) in [6.07, 6.45) is 0.416. The summed E-state index contributed by atoms with van der Waals surface area (Å²) in [7, 11) is 0. The van der Waals surface area contributed by atoms with Gasteiger partial charge in [0.1, 0.15) is 11.6 Å². The number of carbonyl (C=O) groups excluding carboxylic acids is 3.